The number of fused-ring (bicyclic) bond motifs is 1. The Morgan fingerprint density at radius 1 is 1.12 bits per heavy atom. The van der Waals surface area contributed by atoms with Crippen molar-refractivity contribution in [2.75, 3.05) is 33.2 Å². The maximum absolute atomic E-state index is 13.2. The summed E-state index contributed by atoms with van der Waals surface area (Å²) in [7, 11) is 3.79. The van der Waals surface area contributed by atoms with Crippen molar-refractivity contribution in [3.63, 3.8) is 0 Å². The van der Waals surface area contributed by atoms with Gasteiger partial charge in [-0.25, -0.2) is 4.79 Å². The number of imide groups is 1. The predicted molar refractivity (Wildman–Crippen MR) is 136 cm³/mol. The Balaban J connectivity index is 0.00000158. The fourth-order valence-corrected chi connectivity index (χ4v) is 5.38. The summed E-state index contributed by atoms with van der Waals surface area (Å²) in [5.41, 5.74) is 2.70. The number of hydrogen-bond acceptors (Lipinski definition) is 5. The summed E-state index contributed by atoms with van der Waals surface area (Å²) < 4.78 is 3.26. The molecule has 2 aliphatic heterocycles. The molecule has 0 bridgehead atoms. The molecule has 8 heteroatoms. The summed E-state index contributed by atoms with van der Waals surface area (Å²) in [6.45, 7) is 10.6. The van der Waals surface area contributed by atoms with Gasteiger partial charge < -0.3 is 10.2 Å². The van der Waals surface area contributed by atoms with Gasteiger partial charge in [0.2, 0.25) is 11.8 Å². The summed E-state index contributed by atoms with van der Waals surface area (Å²) in [5.74, 6) is 0.408. The number of amides is 2. The van der Waals surface area contributed by atoms with Gasteiger partial charge in [-0.15, -0.1) is 0 Å². The Morgan fingerprint density at radius 3 is 2.47 bits per heavy atom. The summed E-state index contributed by atoms with van der Waals surface area (Å²) in [6.07, 6.45) is 3.93. The summed E-state index contributed by atoms with van der Waals surface area (Å²) >= 11 is 0. The smallest absolute Gasteiger partial charge is 0.320 e. The van der Waals surface area contributed by atoms with Crippen LogP contribution in [0.3, 0.4) is 0 Å². The standard InChI is InChI=1S/C24H35N5O3.C2H6/c1-16(9-12-25-2)15-28-13-10-17(11-14-28)18-5-4-6-19-22(18)27(3)24(32)29(19)20-7-8-21(30)26-23(20)31;1-2/h4-6,16-17,20,25H,7-15H2,1-3H3,(H,26,30,31);1-2H3. The number of nitrogens with one attached hydrogen (secondary N) is 2. The van der Waals surface area contributed by atoms with Gasteiger partial charge in [-0.05, 0) is 75.8 Å². The first kappa shape index (κ1) is 26.2. The first-order chi connectivity index (χ1) is 16.4. The third-order valence-electron chi connectivity index (χ3n) is 7.14. The van der Waals surface area contributed by atoms with E-state index in [1.165, 1.54) is 12.0 Å². The average molecular weight is 472 g/mol. The SMILES string of the molecule is CC.CNCCC(C)CN1CCC(c2cccc3c2n(C)c(=O)n3C2CCC(=O)NC2=O)CC1. The lowest BCUT2D eigenvalue weighted by atomic mass is 9.88. The van der Waals surface area contributed by atoms with E-state index < -0.39 is 6.04 Å². The summed E-state index contributed by atoms with van der Waals surface area (Å²) in [4.78, 5) is 39.8. The van der Waals surface area contributed by atoms with Crippen molar-refractivity contribution in [3.8, 4) is 0 Å². The molecule has 1 aromatic carbocycles. The first-order valence-corrected chi connectivity index (χ1v) is 12.8. The highest BCUT2D eigenvalue weighted by atomic mass is 16.2. The lowest BCUT2D eigenvalue weighted by Crippen LogP contribution is -2.44. The molecule has 2 fully saturated rings. The van der Waals surface area contributed by atoms with Crippen molar-refractivity contribution in [1.29, 1.82) is 0 Å². The van der Waals surface area contributed by atoms with Gasteiger partial charge in [0.15, 0.2) is 0 Å². The number of para-hydroxylation sites is 1. The van der Waals surface area contributed by atoms with Crippen LogP contribution in [0, 0.1) is 5.92 Å². The van der Waals surface area contributed by atoms with Crippen LogP contribution in [0.15, 0.2) is 23.0 Å². The molecule has 4 rings (SSSR count). The molecular formula is C26H41N5O3. The molecule has 2 aromatic rings. The number of aryl methyl sites for hydroxylation is 1. The highest BCUT2D eigenvalue weighted by Crippen LogP contribution is 2.34. The quantitative estimate of drug-likeness (QED) is 0.607. The average Bonchev–Trinajstić information content (AvgIpc) is 3.10. The molecule has 1 aromatic heterocycles. The van der Waals surface area contributed by atoms with Gasteiger partial charge >= 0.3 is 5.69 Å². The van der Waals surface area contributed by atoms with Crippen LogP contribution in [0.1, 0.15) is 70.4 Å². The van der Waals surface area contributed by atoms with E-state index in [0.29, 0.717) is 18.3 Å². The van der Waals surface area contributed by atoms with Gasteiger partial charge in [0, 0.05) is 20.0 Å². The number of hydrogen-bond donors (Lipinski definition) is 2. The number of rotatable bonds is 7. The minimum absolute atomic E-state index is 0.197. The van der Waals surface area contributed by atoms with Crippen LogP contribution < -0.4 is 16.3 Å². The number of aromatic nitrogens is 2. The number of nitrogens with zero attached hydrogens (tertiary/aromatic N) is 3. The fraction of sp³-hybridized carbons (Fsp3) is 0.654. The van der Waals surface area contributed by atoms with Crippen molar-refractivity contribution in [2.24, 2.45) is 13.0 Å². The minimum atomic E-state index is -0.639. The van der Waals surface area contributed by atoms with Crippen LogP contribution in [0.25, 0.3) is 11.0 Å². The van der Waals surface area contributed by atoms with Gasteiger partial charge in [0.1, 0.15) is 6.04 Å². The Labute approximate surface area is 202 Å². The Bertz CT molecular complexity index is 1050. The third kappa shape index (κ3) is 5.44. The van der Waals surface area contributed by atoms with E-state index in [4.69, 9.17) is 0 Å². The van der Waals surface area contributed by atoms with Gasteiger partial charge in [0.05, 0.1) is 11.0 Å². The molecule has 2 saturated heterocycles. The minimum Gasteiger partial charge on any atom is -0.320 e. The predicted octanol–water partition coefficient (Wildman–Crippen LogP) is 2.77. The van der Waals surface area contributed by atoms with Crippen molar-refractivity contribution in [1.82, 2.24) is 24.7 Å². The highest BCUT2D eigenvalue weighted by Gasteiger charge is 2.32. The molecule has 2 N–H and O–H groups in total. The van der Waals surface area contributed by atoms with E-state index in [1.54, 1.807) is 16.2 Å². The molecule has 2 atom stereocenters. The zero-order valence-electron chi connectivity index (χ0n) is 21.4. The number of carbonyl (C=O) groups is 2. The molecule has 188 valence electrons. The van der Waals surface area contributed by atoms with Crippen LogP contribution in [0.2, 0.25) is 0 Å². The number of benzene rings is 1. The maximum Gasteiger partial charge on any atom is 0.329 e. The second-order valence-electron chi connectivity index (χ2n) is 9.47. The third-order valence-corrected chi connectivity index (χ3v) is 7.14. The Morgan fingerprint density at radius 2 is 1.82 bits per heavy atom. The van der Waals surface area contributed by atoms with Gasteiger partial charge in [-0.2, -0.15) is 0 Å². The number of likely N-dealkylation sites (tertiary alicyclic amines) is 1. The molecule has 34 heavy (non-hydrogen) atoms. The first-order valence-electron chi connectivity index (χ1n) is 12.8. The number of carbonyl (C=O) groups excluding carboxylic acids is 2. The van der Waals surface area contributed by atoms with Gasteiger partial charge in [0.25, 0.3) is 0 Å². The molecule has 2 unspecified atom stereocenters. The number of piperidine rings is 2. The monoisotopic (exact) mass is 471 g/mol. The second kappa shape index (κ2) is 11.8. The van der Waals surface area contributed by atoms with Crippen molar-refractivity contribution in [2.45, 2.75) is 64.8 Å². The molecule has 2 aliphatic rings. The van der Waals surface area contributed by atoms with E-state index >= 15 is 0 Å². The van der Waals surface area contributed by atoms with E-state index in [2.05, 4.69) is 28.5 Å². The van der Waals surface area contributed by atoms with Crippen LogP contribution in [-0.2, 0) is 16.6 Å². The topological polar surface area (TPSA) is 88.4 Å². The van der Waals surface area contributed by atoms with Crippen molar-refractivity contribution in [3.05, 3.63) is 34.2 Å². The largest absolute Gasteiger partial charge is 0.329 e. The Hall–Kier alpha value is -2.45. The van der Waals surface area contributed by atoms with Crippen LogP contribution in [0.4, 0.5) is 0 Å². The van der Waals surface area contributed by atoms with Crippen LogP contribution in [-0.4, -0.2) is 59.1 Å². The van der Waals surface area contributed by atoms with E-state index in [9.17, 15) is 14.4 Å². The Kier molecular flexibility index (Phi) is 9.08. The fourth-order valence-electron chi connectivity index (χ4n) is 5.38. The van der Waals surface area contributed by atoms with Crippen molar-refractivity contribution < 1.29 is 9.59 Å². The maximum atomic E-state index is 13.2. The molecule has 0 saturated carbocycles. The highest BCUT2D eigenvalue weighted by molar-refractivity contribution is 6.00. The van der Waals surface area contributed by atoms with E-state index in [1.807, 2.05) is 33.0 Å². The zero-order valence-corrected chi connectivity index (χ0v) is 21.4. The van der Waals surface area contributed by atoms with E-state index in [0.717, 1.165) is 50.1 Å². The summed E-state index contributed by atoms with van der Waals surface area (Å²) in [5, 5.41) is 5.62. The zero-order chi connectivity index (χ0) is 24.8. The normalized spacial score (nSPS) is 20.7. The van der Waals surface area contributed by atoms with Crippen LogP contribution >= 0.6 is 0 Å². The molecule has 8 nitrogen and oxygen atoms in total. The lowest BCUT2D eigenvalue weighted by Gasteiger charge is -2.34. The van der Waals surface area contributed by atoms with Crippen molar-refractivity contribution >= 4 is 22.8 Å². The van der Waals surface area contributed by atoms with Crippen LogP contribution in [0.5, 0.6) is 0 Å². The molecular weight excluding hydrogens is 430 g/mol. The molecule has 2 amide bonds. The number of imidazole rings is 1. The van der Waals surface area contributed by atoms with E-state index in [-0.39, 0.29) is 23.9 Å². The molecule has 0 aliphatic carbocycles. The second-order valence-corrected chi connectivity index (χ2v) is 9.47. The van der Waals surface area contributed by atoms with Gasteiger partial charge in [-0.3, -0.25) is 24.0 Å². The lowest BCUT2D eigenvalue weighted by molar-refractivity contribution is -0.135. The summed E-state index contributed by atoms with van der Waals surface area (Å²) in [6, 6.07) is 5.40. The molecule has 0 radical (unpaired) electrons. The van der Waals surface area contributed by atoms with Gasteiger partial charge in [-0.1, -0.05) is 32.9 Å². The molecule has 3 heterocycles. The molecule has 0 spiro atoms.